The van der Waals surface area contributed by atoms with Gasteiger partial charge in [0.1, 0.15) is 0 Å². The van der Waals surface area contributed by atoms with Crippen molar-refractivity contribution in [1.29, 1.82) is 0 Å². The summed E-state index contributed by atoms with van der Waals surface area (Å²) in [7, 11) is 1.43. The average molecular weight is 338 g/mol. The van der Waals surface area contributed by atoms with E-state index in [4.69, 9.17) is 4.74 Å². The quantitative estimate of drug-likeness (QED) is 0.878. The normalized spacial score (nSPS) is 12.5. The number of alkyl halides is 3. The van der Waals surface area contributed by atoms with E-state index in [1.165, 1.54) is 37.6 Å². The first-order chi connectivity index (χ1) is 11.4. The third-order valence-electron chi connectivity index (χ3n) is 3.51. The number of rotatable bonds is 6. The lowest BCUT2D eigenvalue weighted by atomic mass is 9.95. The zero-order valence-corrected chi connectivity index (χ0v) is 13.0. The van der Waals surface area contributed by atoms with Gasteiger partial charge in [-0.25, -0.2) is 4.98 Å². The lowest BCUT2D eigenvalue weighted by Crippen LogP contribution is -2.30. The van der Waals surface area contributed by atoms with E-state index in [-0.39, 0.29) is 12.1 Å². The van der Waals surface area contributed by atoms with Crippen LogP contribution in [-0.4, -0.2) is 24.2 Å². The van der Waals surface area contributed by atoms with Gasteiger partial charge in [-0.1, -0.05) is 36.4 Å². The highest BCUT2D eigenvalue weighted by atomic mass is 19.4. The van der Waals surface area contributed by atoms with Crippen molar-refractivity contribution in [2.24, 2.45) is 0 Å². The average Bonchev–Trinajstić information content (AvgIpc) is 2.58. The van der Waals surface area contributed by atoms with Crippen LogP contribution in [0.2, 0.25) is 0 Å². The smallest absolute Gasteiger partial charge is 0.396 e. The first kappa shape index (κ1) is 17.8. The van der Waals surface area contributed by atoms with Crippen molar-refractivity contribution in [2.75, 3.05) is 7.11 Å². The number of halogens is 3. The number of hydrogen-bond acceptors (Lipinski definition) is 3. The van der Waals surface area contributed by atoms with E-state index in [0.717, 1.165) is 0 Å². The fourth-order valence-corrected chi connectivity index (χ4v) is 2.30. The molecule has 0 aliphatic rings. The molecule has 0 spiro atoms. The van der Waals surface area contributed by atoms with Crippen molar-refractivity contribution in [3.05, 3.63) is 59.8 Å². The topological polar surface area (TPSA) is 51.2 Å². The third kappa shape index (κ3) is 4.71. The molecule has 0 saturated carbocycles. The van der Waals surface area contributed by atoms with Crippen molar-refractivity contribution < 1.29 is 22.7 Å². The Morgan fingerprint density at radius 3 is 2.54 bits per heavy atom. The summed E-state index contributed by atoms with van der Waals surface area (Å²) in [5.74, 6) is -2.20. The van der Waals surface area contributed by atoms with E-state index >= 15 is 0 Å². The minimum atomic E-state index is -4.50. The van der Waals surface area contributed by atoms with Crippen LogP contribution in [0.4, 0.5) is 13.2 Å². The van der Waals surface area contributed by atoms with Gasteiger partial charge in [0.15, 0.2) is 0 Å². The Morgan fingerprint density at radius 2 is 1.92 bits per heavy atom. The number of carbonyl (C=O) groups is 1. The van der Waals surface area contributed by atoms with Crippen LogP contribution in [0.25, 0.3) is 0 Å². The van der Waals surface area contributed by atoms with E-state index in [0.29, 0.717) is 11.4 Å². The fraction of sp³-hybridized carbons (Fsp3) is 0.294. The minimum Gasteiger partial charge on any atom is -0.481 e. The Labute approximate surface area is 137 Å². The molecular formula is C17H17F3N2O2. The summed E-state index contributed by atoms with van der Waals surface area (Å²) in [5, 5.41) is 2.49. The van der Waals surface area contributed by atoms with E-state index in [1.54, 1.807) is 18.2 Å². The Bertz CT molecular complexity index is 675. The predicted octanol–water partition coefficient (Wildman–Crippen LogP) is 3.44. The van der Waals surface area contributed by atoms with Gasteiger partial charge < -0.3 is 10.1 Å². The maximum Gasteiger partial charge on any atom is 0.396 e. The molecule has 1 heterocycles. The lowest BCUT2D eigenvalue weighted by Gasteiger charge is -2.20. The lowest BCUT2D eigenvalue weighted by molar-refractivity contribution is -0.157. The molecule has 0 radical (unpaired) electrons. The monoisotopic (exact) mass is 338 g/mol. The second-order valence-corrected chi connectivity index (χ2v) is 5.16. The molecule has 0 unspecified atom stereocenters. The molecule has 1 amide bonds. The molecule has 0 aliphatic carbocycles. The molecule has 2 rings (SSSR count). The zero-order chi connectivity index (χ0) is 17.6. The van der Waals surface area contributed by atoms with Crippen LogP contribution in [-0.2, 0) is 11.3 Å². The molecule has 2 aromatic rings. The van der Waals surface area contributed by atoms with E-state index in [9.17, 15) is 18.0 Å². The summed E-state index contributed by atoms with van der Waals surface area (Å²) in [6, 6.07) is 10.8. The van der Waals surface area contributed by atoms with Gasteiger partial charge in [-0.2, -0.15) is 13.2 Å². The summed E-state index contributed by atoms with van der Waals surface area (Å²) in [4.78, 5) is 15.9. The van der Waals surface area contributed by atoms with Gasteiger partial charge >= 0.3 is 6.18 Å². The Morgan fingerprint density at radius 1 is 1.21 bits per heavy atom. The van der Waals surface area contributed by atoms with Gasteiger partial charge in [0.2, 0.25) is 11.8 Å². The molecule has 7 heteroatoms. The van der Waals surface area contributed by atoms with Gasteiger partial charge in [-0.05, 0) is 11.6 Å². The van der Waals surface area contributed by atoms with Crippen molar-refractivity contribution in [1.82, 2.24) is 10.3 Å². The molecule has 1 N–H and O–H groups in total. The van der Waals surface area contributed by atoms with Gasteiger partial charge in [0.05, 0.1) is 13.0 Å². The van der Waals surface area contributed by atoms with Crippen molar-refractivity contribution in [3.8, 4) is 5.88 Å². The highest BCUT2D eigenvalue weighted by Gasteiger charge is 2.41. The minimum absolute atomic E-state index is 0.0508. The Hall–Kier alpha value is -2.57. The summed E-state index contributed by atoms with van der Waals surface area (Å²) in [6.45, 7) is 0.0508. The van der Waals surface area contributed by atoms with Crippen LogP contribution in [0.5, 0.6) is 5.88 Å². The zero-order valence-electron chi connectivity index (χ0n) is 13.0. The number of methoxy groups -OCH3 is 1. The number of nitrogens with one attached hydrogen (secondary N) is 1. The Kier molecular flexibility index (Phi) is 5.78. The molecular weight excluding hydrogens is 321 g/mol. The fourth-order valence-electron chi connectivity index (χ4n) is 2.30. The van der Waals surface area contributed by atoms with E-state index in [1.807, 2.05) is 0 Å². The second kappa shape index (κ2) is 7.81. The summed E-state index contributed by atoms with van der Waals surface area (Å²) in [5.41, 5.74) is 0.663. The number of benzene rings is 1. The molecule has 0 aliphatic heterocycles. The van der Waals surface area contributed by atoms with Gasteiger partial charge in [-0.15, -0.1) is 0 Å². The first-order valence-electron chi connectivity index (χ1n) is 7.28. The molecule has 1 aromatic heterocycles. The number of pyridine rings is 1. The van der Waals surface area contributed by atoms with Gasteiger partial charge in [0, 0.05) is 24.7 Å². The maximum absolute atomic E-state index is 13.2. The highest BCUT2D eigenvalue weighted by Crippen LogP contribution is 2.37. The number of hydrogen-bond donors (Lipinski definition) is 1. The first-order valence-corrected chi connectivity index (χ1v) is 7.28. The molecule has 4 nitrogen and oxygen atoms in total. The number of carbonyl (C=O) groups excluding carboxylic acids is 1. The number of amides is 1. The van der Waals surface area contributed by atoms with Crippen LogP contribution < -0.4 is 10.1 Å². The van der Waals surface area contributed by atoms with Gasteiger partial charge in [0.25, 0.3) is 0 Å². The van der Waals surface area contributed by atoms with Crippen LogP contribution in [0.3, 0.4) is 0 Å². The maximum atomic E-state index is 13.2. The number of aromatic nitrogens is 1. The van der Waals surface area contributed by atoms with Crippen molar-refractivity contribution in [2.45, 2.75) is 25.1 Å². The molecule has 128 valence electrons. The van der Waals surface area contributed by atoms with Crippen molar-refractivity contribution >= 4 is 5.91 Å². The molecule has 24 heavy (non-hydrogen) atoms. The second-order valence-electron chi connectivity index (χ2n) is 5.16. The third-order valence-corrected chi connectivity index (χ3v) is 3.51. The van der Waals surface area contributed by atoms with E-state index < -0.39 is 24.4 Å². The van der Waals surface area contributed by atoms with Crippen molar-refractivity contribution in [3.63, 3.8) is 0 Å². The van der Waals surface area contributed by atoms with Gasteiger partial charge in [-0.3, -0.25) is 4.79 Å². The predicted molar refractivity (Wildman–Crippen MR) is 82.5 cm³/mol. The number of nitrogens with zero attached hydrogens (tertiary/aromatic N) is 1. The van der Waals surface area contributed by atoms with E-state index in [2.05, 4.69) is 10.3 Å². The molecule has 1 aromatic carbocycles. The highest BCUT2D eigenvalue weighted by molar-refractivity contribution is 5.77. The molecule has 1 atom stereocenters. The van der Waals surface area contributed by atoms with Crippen LogP contribution in [0.1, 0.15) is 23.5 Å². The summed E-state index contributed by atoms with van der Waals surface area (Å²) < 4.78 is 44.8. The standard InChI is InChI=1S/C17H17F3N2O2/c1-24-16-13(8-5-9-21-16)11-22-15(23)10-14(17(18,19)20)12-6-3-2-4-7-12/h2-9,14H,10-11H2,1H3,(H,22,23)/t14-/m0/s1. The molecule has 0 saturated heterocycles. The summed E-state index contributed by atoms with van der Waals surface area (Å²) >= 11 is 0. The summed E-state index contributed by atoms with van der Waals surface area (Å²) in [6.07, 6.45) is -3.64. The molecule has 0 bridgehead atoms. The van der Waals surface area contributed by atoms with Crippen LogP contribution in [0, 0.1) is 0 Å². The Balaban J connectivity index is 2.03. The largest absolute Gasteiger partial charge is 0.481 e. The van der Waals surface area contributed by atoms with Crippen LogP contribution >= 0.6 is 0 Å². The number of ether oxygens (including phenoxy) is 1. The van der Waals surface area contributed by atoms with Crippen LogP contribution in [0.15, 0.2) is 48.7 Å². The molecule has 0 fully saturated rings. The SMILES string of the molecule is COc1ncccc1CNC(=O)C[C@@H](c1ccccc1)C(F)(F)F.